The third kappa shape index (κ3) is 2.09. The molecule has 5 nitrogen and oxygen atoms in total. The average Bonchev–Trinajstić information content (AvgIpc) is 2.01. The van der Waals surface area contributed by atoms with Crippen molar-refractivity contribution >= 4 is 9.84 Å². The summed E-state index contributed by atoms with van der Waals surface area (Å²) in [4.78, 5) is 13.0. The number of sulfone groups is 1. The molecule has 0 radical (unpaired) electrons. The Balaban J connectivity index is 3.48. The van der Waals surface area contributed by atoms with E-state index < -0.39 is 15.4 Å². The van der Waals surface area contributed by atoms with Crippen LogP contribution in [-0.2, 0) is 9.84 Å². The second kappa shape index (κ2) is 3.21. The van der Waals surface area contributed by atoms with Crippen LogP contribution in [0, 0.1) is 0 Å². The minimum atomic E-state index is -3.36. The Bertz CT molecular complexity index is 460. The van der Waals surface area contributed by atoms with Gasteiger partial charge in [-0.15, -0.1) is 0 Å². The van der Waals surface area contributed by atoms with Crippen molar-refractivity contribution in [1.29, 1.82) is 0 Å². The molecule has 13 heavy (non-hydrogen) atoms. The molecule has 1 aromatic rings. The number of pyridine rings is 1. The molecular weight excluding hydrogens is 194 g/mol. The van der Waals surface area contributed by atoms with Gasteiger partial charge in [-0.3, -0.25) is 4.79 Å². The quantitative estimate of drug-likeness (QED) is 0.721. The van der Waals surface area contributed by atoms with Gasteiger partial charge in [0, 0.05) is 18.5 Å². The number of nitrogens with one attached hydrogen (secondary N) is 1. The second-order valence-corrected chi connectivity index (χ2v) is 4.49. The van der Waals surface area contributed by atoms with Gasteiger partial charge < -0.3 is 9.72 Å². The number of hydrogen-bond acceptors (Lipinski definition) is 4. The zero-order chi connectivity index (χ0) is 10.1. The largest absolute Gasteiger partial charge is 0.495 e. The van der Waals surface area contributed by atoms with E-state index >= 15 is 0 Å². The molecule has 72 valence electrons. The van der Waals surface area contributed by atoms with E-state index in [0.29, 0.717) is 0 Å². The van der Waals surface area contributed by atoms with Gasteiger partial charge in [-0.1, -0.05) is 0 Å². The highest BCUT2D eigenvalue weighted by Gasteiger charge is 2.13. The Morgan fingerprint density at radius 1 is 1.46 bits per heavy atom. The summed E-state index contributed by atoms with van der Waals surface area (Å²) in [6, 6.07) is 1.09. The van der Waals surface area contributed by atoms with E-state index in [4.69, 9.17) is 4.74 Å². The molecule has 0 unspecified atom stereocenters. The van der Waals surface area contributed by atoms with Crippen LogP contribution in [0.1, 0.15) is 0 Å². The lowest BCUT2D eigenvalue weighted by Gasteiger charge is -2.04. The first-order valence-corrected chi connectivity index (χ1v) is 5.31. The van der Waals surface area contributed by atoms with Gasteiger partial charge in [-0.25, -0.2) is 8.42 Å². The van der Waals surface area contributed by atoms with Crippen molar-refractivity contribution in [3.05, 3.63) is 22.6 Å². The summed E-state index contributed by atoms with van der Waals surface area (Å²) >= 11 is 0. The summed E-state index contributed by atoms with van der Waals surface area (Å²) in [5.74, 6) is 0.0613. The zero-order valence-electron chi connectivity index (χ0n) is 7.20. The number of aromatic nitrogens is 1. The van der Waals surface area contributed by atoms with E-state index in [0.717, 1.165) is 18.5 Å². The van der Waals surface area contributed by atoms with Gasteiger partial charge in [0.2, 0.25) is 0 Å². The number of methoxy groups -OCH3 is 1. The summed E-state index contributed by atoms with van der Waals surface area (Å²) in [6.07, 6.45) is 2.17. The SMILES string of the molecule is COc1cc(=O)[nH]cc1S(C)(=O)=O. The average molecular weight is 203 g/mol. The van der Waals surface area contributed by atoms with Crippen LogP contribution in [0.5, 0.6) is 5.75 Å². The van der Waals surface area contributed by atoms with Crippen LogP contribution in [0.3, 0.4) is 0 Å². The van der Waals surface area contributed by atoms with E-state index in [1.165, 1.54) is 7.11 Å². The van der Waals surface area contributed by atoms with Gasteiger partial charge in [-0.05, 0) is 0 Å². The Morgan fingerprint density at radius 2 is 2.08 bits per heavy atom. The highest BCUT2D eigenvalue weighted by atomic mass is 32.2. The van der Waals surface area contributed by atoms with E-state index in [1.807, 2.05) is 0 Å². The van der Waals surface area contributed by atoms with Crippen LogP contribution in [0.4, 0.5) is 0 Å². The molecule has 1 N–H and O–H groups in total. The minimum Gasteiger partial charge on any atom is -0.495 e. The van der Waals surface area contributed by atoms with Crippen LogP contribution >= 0.6 is 0 Å². The van der Waals surface area contributed by atoms with Crippen LogP contribution < -0.4 is 10.3 Å². The number of ether oxygens (including phenoxy) is 1. The van der Waals surface area contributed by atoms with Crippen LogP contribution in [0.15, 0.2) is 22.0 Å². The lowest BCUT2D eigenvalue weighted by molar-refractivity contribution is 0.401. The maximum Gasteiger partial charge on any atom is 0.251 e. The Labute approximate surface area is 75.3 Å². The molecule has 0 aliphatic carbocycles. The Morgan fingerprint density at radius 3 is 2.54 bits per heavy atom. The highest BCUT2D eigenvalue weighted by Crippen LogP contribution is 2.19. The lowest BCUT2D eigenvalue weighted by atomic mass is 10.4. The van der Waals surface area contributed by atoms with Crippen molar-refractivity contribution in [2.75, 3.05) is 13.4 Å². The second-order valence-electron chi connectivity index (χ2n) is 2.50. The van der Waals surface area contributed by atoms with Gasteiger partial charge in [0.1, 0.15) is 10.6 Å². The first-order valence-electron chi connectivity index (χ1n) is 3.42. The van der Waals surface area contributed by atoms with Crippen LogP contribution in [0.2, 0.25) is 0 Å². The molecule has 0 saturated heterocycles. The molecule has 0 aliphatic heterocycles. The fourth-order valence-electron chi connectivity index (χ4n) is 0.889. The summed E-state index contributed by atoms with van der Waals surface area (Å²) < 4.78 is 27.0. The normalized spacial score (nSPS) is 11.2. The summed E-state index contributed by atoms with van der Waals surface area (Å²) in [7, 11) is -2.05. The van der Waals surface area contributed by atoms with Crippen molar-refractivity contribution in [2.45, 2.75) is 4.90 Å². The van der Waals surface area contributed by atoms with E-state index in [1.54, 1.807) is 0 Å². The molecule has 0 atom stereocenters. The topological polar surface area (TPSA) is 76.2 Å². The molecule has 0 spiro atoms. The number of rotatable bonds is 2. The maximum absolute atomic E-state index is 11.1. The Kier molecular flexibility index (Phi) is 2.42. The molecule has 1 aromatic heterocycles. The van der Waals surface area contributed by atoms with Crippen molar-refractivity contribution in [3.8, 4) is 5.75 Å². The molecular formula is C7H9NO4S. The third-order valence-corrected chi connectivity index (χ3v) is 2.59. The van der Waals surface area contributed by atoms with Gasteiger partial charge >= 0.3 is 0 Å². The standard InChI is InChI=1S/C7H9NO4S/c1-12-5-3-7(9)8-4-6(5)13(2,10)11/h3-4H,1-2H3,(H,8,9). The fourth-order valence-corrected chi connectivity index (χ4v) is 1.67. The number of H-pyrrole nitrogens is 1. The van der Waals surface area contributed by atoms with Gasteiger partial charge in [0.25, 0.3) is 5.56 Å². The monoisotopic (exact) mass is 203 g/mol. The lowest BCUT2D eigenvalue weighted by Crippen LogP contribution is -2.09. The van der Waals surface area contributed by atoms with Gasteiger partial charge in [-0.2, -0.15) is 0 Å². The van der Waals surface area contributed by atoms with Crippen molar-refractivity contribution in [3.63, 3.8) is 0 Å². The summed E-state index contributed by atoms with van der Waals surface area (Å²) in [6.45, 7) is 0. The van der Waals surface area contributed by atoms with Crippen molar-refractivity contribution in [1.82, 2.24) is 4.98 Å². The molecule has 0 aliphatic rings. The predicted molar refractivity (Wildman–Crippen MR) is 46.7 cm³/mol. The molecule has 0 saturated carbocycles. The molecule has 1 heterocycles. The molecule has 0 fully saturated rings. The molecule has 1 rings (SSSR count). The number of hydrogen-bond donors (Lipinski definition) is 1. The maximum atomic E-state index is 11.1. The van der Waals surface area contributed by atoms with Gasteiger partial charge in [0.15, 0.2) is 9.84 Å². The molecule has 0 amide bonds. The summed E-state index contributed by atoms with van der Waals surface area (Å²) in [5.41, 5.74) is -0.399. The summed E-state index contributed by atoms with van der Waals surface area (Å²) in [5, 5.41) is 0. The Hall–Kier alpha value is -1.30. The first kappa shape index (κ1) is 9.79. The minimum absolute atomic E-state index is 0.0189. The molecule has 6 heteroatoms. The zero-order valence-corrected chi connectivity index (χ0v) is 8.01. The molecule has 0 bridgehead atoms. The van der Waals surface area contributed by atoms with E-state index in [-0.39, 0.29) is 10.6 Å². The highest BCUT2D eigenvalue weighted by molar-refractivity contribution is 7.90. The van der Waals surface area contributed by atoms with Crippen LogP contribution in [0.25, 0.3) is 0 Å². The first-order chi connectivity index (χ1) is 5.95. The van der Waals surface area contributed by atoms with E-state index in [2.05, 4.69) is 4.98 Å². The smallest absolute Gasteiger partial charge is 0.251 e. The number of aromatic amines is 1. The van der Waals surface area contributed by atoms with Gasteiger partial charge in [0.05, 0.1) is 7.11 Å². The van der Waals surface area contributed by atoms with Crippen molar-refractivity contribution in [2.24, 2.45) is 0 Å². The fraction of sp³-hybridized carbons (Fsp3) is 0.286. The van der Waals surface area contributed by atoms with E-state index in [9.17, 15) is 13.2 Å². The predicted octanol–water partition coefficient (Wildman–Crippen LogP) is -0.213. The third-order valence-electron chi connectivity index (χ3n) is 1.47. The van der Waals surface area contributed by atoms with Crippen LogP contribution in [-0.4, -0.2) is 26.8 Å². The molecule has 0 aromatic carbocycles. The van der Waals surface area contributed by atoms with Crippen molar-refractivity contribution < 1.29 is 13.2 Å².